The van der Waals surface area contributed by atoms with E-state index in [2.05, 4.69) is 33.8 Å². The molecule has 0 spiro atoms. The Morgan fingerprint density at radius 1 is 1.19 bits per heavy atom. The van der Waals surface area contributed by atoms with Crippen LogP contribution in [-0.4, -0.2) is 37.8 Å². The Kier molecular flexibility index (Phi) is 7.43. The molecule has 1 fully saturated rings. The third-order valence-electron chi connectivity index (χ3n) is 4.83. The zero-order valence-corrected chi connectivity index (χ0v) is 15.4. The van der Waals surface area contributed by atoms with E-state index in [1.165, 1.54) is 18.4 Å². The lowest BCUT2D eigenvalue weighted by molar-refractivity contribution is 0.308. The van der Waals surface area contributed by atoms with Crippen molar-refractivity contribution in [2.45, 2.75) is 25.8 Å². The Morgan fingerprint density at radius 2 is 2.08 bits per heavy atom. The van der Waals surface area contributed by atoms with Gasteiger partial charge in [-0.25, -0.2) is 0 Å². The maximum Gasteiger partial charge on any atom is 0.123 e. The van der Waals surface area contributed by atoms with Crippen LogP contribution in [0.25, 0.3) is 11.3 Å². The summed E-state index contributed by atoms with van der Waals surface area (Å²) < 4.78 is 5.96. The minimum atomic E-state index is 0.648. The van der Waals surface area contributed by atoms with Crippen molar-refractivity contribution in [2.24, 2.45) is 11.7 Å². The van der Waals surface area contributed by atoms with Gasteiger partial charge in [0.1, 0.15) is 5.75 Å². The number of pyridine rings is 1. The predicted octanol–water partition coefficient (Wildman–Crippen LogP) is 2.57. The fourth-order valence-corrected chi connectivity index (χ4v) is 3.31. The van der Waals surface area contributed by atoms with Gasteiger partial charge >= 0.3 is 0 Å². The summed E-state index contributed by atoms with van der Waals surface area (Å²) in [5, 5.41) is 7.05. The molecule has 0 saturated carbocycles. The largest absolute Gasteiger partial charge is 0.493 e. The molecule has 0 unspecified atom stereocenters. The monoisotopic (exact) mass is 354 g/mol. The Labute approximate surface area is 156 Å². The van der Waals surface area contributed by atoms with Gasteiger partial charge in [-0.1, -0.05) is 6.07 Å². The maximum atomic E-state index is 5.96. The fraction of sp³-hybridized carbons (Fsp3) is 0.476. The van der Waals surface area contributed by atoms with Gasteiger partial charge in [0.2, 0.25) is 0 Å². The van der Waals surface area contributed by atoms with Crippen LogP contribution in [0.3, 0.4) is 0 Å². The van der Waals surface area contributed by atoms with Crippen molar-refractivity contribution in [3.05, 3.63) is 48.2 Å². The number of nitrogens with zero attached hydrogens (tertiary/aromatic N) is 1. The summed E-state index contributed by atoms with van der Waals surface area (Å²) in [5.41, 5.74) is 8.88. The highest BCUT2D eigenvalue weighted by Gasteiger charge is 2.13. The van der Waals surface area contributed by atoms with Crippen LogP contribution in [0.5, 0.6) is 5.75 Å². The molecule has 1 aliphatic heterocycles. The molecule has 1 saturated heterocycles. The smallest absolute Gasteiger partial charge is 0.123 e. The van der Waals surface area contributed by atoms with Crippen molar-refractivity contribution >= 4 is 0 Å². The van der Waals surface area contributed by atoms with Gasteiger partial charge in [0.25, 0.3) is 0 Å². The van der Waals surface area contributed by atoms with Crippen LogP contribution in [-0.2, 0) is 6.54 Å². The summed E-state index contributed by atoms with van der Waals surface area (Å²) in [6, 6.07) is 12.3. The molecule has 0 aliphatic carbocycles. The van der Waals surface area contributed by atoms with E-state index in [4.69, 9.17) is 10.5 Å². The summed E-state index contributed by atoms with van der Waals surface area (Å²) in [4.78, 5) is 4.46. The van der Waals surface area contributed by atoms with Gasteiger partial charge in [0, 0.05) is 23.9 Å². The third-order valence-corrected chi connectivity index (χ3v) is 4.83. The van der Waals surface area contributed by atoms with Crippen molar-refractivity contribution in [1.29, 1.82) is 0 Å². The minimum Gasteiger partial charge on any atom is -0.493 e. The third kappa shape index (κ3) is 5.53. The molecular weight excluding hydrogens is 324 g/mol. The van der Waals surface area contributed by atoms with Crippen LogP contribution in [0.4, 0.5) is 0 Å². The van der Waals surface area contributed by atoms with Crippen LogP contribution in [0.2, 0.25) is 0 Å². The van der Waals surface area contributed by atoms with E-state index in [0.717, 1.165) is 55.5 Å². The molecule has 26 heavy (non-hydrogen) atoms. The molecule has 1 aliphatic rings. The lowest BCUT2D eigenvalue weighted by Gasteiger charge is -2.23. The zero-order valence-electron chi connectivity index (χ0n) is 15.4. The minimum absolute atomic E-state index is 0.648. The highest BCUT2D eigenvalue weighted by molar-refractivity contribution is 5.61. The summed E-state index contributed by atoms with van der Waals surface area (Å²) in [6.07, 6.45) is 5.20. The summed E-state index contributed by atoms with van der Waals surface area (Å²) in [7, 11) is 0. The lowest BCUT2D eigenvalue weighted by Crippen LogP contribution is -2.33. The number of aromatic nitrogens is 1. The number of hydrogen-bond acceptors (Lipinski definition) is 5. The number of benzene rings is 1. The first kappa shape index (κ1) is 18.8. The van der Waals surface area contributed by atoms with Gasteiger partial charge in [-0.15, -0.1) is 0 Å². The summed E-state index contributed by atoms with van der Waals surface area (Å²) >= 11 is 0. The van der Waals surface area contributed by atoms with Gasteiger partial charge in [-0.3, -0.25) is 4.98 Å². The van der Waals surface area contributed by atoms with E-state index in [1.807, 2.05) is 24.4 Å². The van der Waals surface area contributed by atoms with E-state index in [-0.39, 0.29) is 0 Å². The molecule has 1 aromatic carbocycles. The standard InChI is InChI=1S/C21H30N4O/c22-9-3-13-26-21-6-5-18(20-4-1-2-10-25-20)14-19(21)16-24-15-17-7-11-23-12-8-17/h1-2,4-6,10,14,17,23-24H,3,7-9,11-13,15-16,22H2. The quantitative estimate of drug-likeness (QED) is 0.604. The fourth-order valence-electron chi connectivity index (χ4n) is 3.31. The van der Waals surface area contributed by atoms with E-state index >= 15 is 0 Å². The normalized spacial score (nSPS) is 15.1. The molecular formula is C21H30N4O. The first-order valence-electron chi connectivity index (χ1n) is 9.65. The van der Waals surface area contributed by atoms with Crippen molar-refractivity contribution in [1.82, 2.24) is 15.6 Å². The molecule has 5 heteroatoms. The molecule has 140 valence electrons. The van der Waals surface area contributed by atoms with Crippen molar-refractivity contribution < 1.29 is 4.74 Å². The highest BCUT2D eigenvalue weighted by Crippen LogP contribution is 2.26. The Hall–Kier alpha value is -1.95. The van der Waals surface area contributed by atoms with E-state index in [9.17, 15) is 0 Å². The maximum absolute atomic E-state index is 5.96. The molecule has 1 aromatic heterocycles. The number of hydrogen-bond donors (Lipinski definition) is 3. The average Bonchev–Trinajstić information content (AvgIpc) is 2.70. The van der Waals surface area contributed by atoms with Crippen LogP contribution >= 0.6 is 0 Å². The van der Waals surface area contributed by atoms with Crippen LogP contribution < -0.4 is 21.1 Å². The molecule has 5 nitrogen and oxygen atoms in total. The van der Waals surface area contributed by atoms with Crippen LogP contribution in [0.1, 0.15) is 24.8 Å². The molecule has 0 radical (unpaired) electrons. The molecule has 3 rings (SSSR count). The molecule has 0 bridgehead atoms. The van der Waals surface area contributed by atoms with E-state index in [1.54, 1.807) is 0 Å². The second kappa shape index (κ2) is 10.3. The second-order valence-corrected chi connectivity index (χ2v) is 6.85. The average molecular weight is 354 g/mol. The lowest BCUT2D eigenvalue weighted by atomic mass is 9.98. The number of nitrogens with two attached hydrogens (primary N) is 1. The zero-order chi connectivity index (χ0) is 18.0. The topological polar surface area (TPSA) is 72.2 Å². The van der Waals surface area contributed by atoms with Gasteiger partial charge in [-0.05, 0) is 81.7 Å². The van der Waals surface area contributed by atoms with Crippen LogP contribution in [0.15, 0.2) is 42.6 Å². The Morgan fingerprint density at radius 3 is 2.85 bits per heavy atom. The van der Waals surface area contributed by atoms with Crippen molar-refractivity contribution in [3.63, 3.8) is 0 Å². The molecule has 4 N–H and O–H groups in total. The van der Waals surface area contributed by atoms with Crippen LogP contribution in [0, 0.1) is 5.92 Å². The van der Waals surface area contributed by atoms with Crippen molar-refractivity contribution in [2.75, 3.05) is 32.8 Å². The summed E-state index contributed by atoms with van der Waals surface area (Å²) in [5.74, 6) is 1.70. The number of rotatable bonds is 9. The predicted molar refractivity (Wildman–Crippen MR) is 106 cm³/mol. The Bertz CT molecular complexity index is 656. The molecule has 2 heterocycles. The highest BCUT2D eigenvalue weighted by atomic mass is 16.5. The van der Waals surface area contributed by atoms with Gasteiger partial charge in [-0.2, -0.15) is 0 Å². The second-order valence-electron chi connectivity index (χ2n) is 6.85. The Balaban J connectivity index is 1.68. The van der Waals surface area contributed by atoms with E-state index in [0.29, 0.717) is 13.2 Å². The van der Waals surface area contributed by atoms with E-state index < -0.39 is 0 Å². The van der Waals surface area contributed by atoms with Crippen molar-refractivity contribution in [3.8, 4) is 17.0 Å². The molecule has 0 amide bonds. The first-order valence-corrected chi connectivity index (χ1v) is 9.65. The number of piperidine rings is 1. The SMILES string of the molecule is NCCCOc1ccc(-c2ccccn2)cc1CNCC1CCNCC1. The first-order chi connectivity index (χ1) is 12.9. The number of nitrogens with one attached hydrogen (secondary N) is 2. The summed E-state index contributed by atoms with van der Waals surface area (Å²) in [6.45, 7) is 5.43. The van der Waals surface area contributed by atoms with Gasteiger partial charge < -0.3 is 21.1 Å². The van der Waals surface area contributed by atoms with Gasteiger partial charge in [0.15, 0.2) is 0 Å². The molecule has 2 aromatic rings. The number of ether oxygens (including phenoxy) is 1. The van der Waals surface area contributed by atoms with Gasteiger partial charge in [0.05, 0.1) is 12.3 Å². The molecule has 0 atom stereocenters.